The largest absolute Gasteiger partial charge is 0.318 e. The molecule has 1 aromatic carbocycles. The van der Waals surface area contributed by atoms with Gasteiger partial charge in [-0.2, -0.15) is 5.10 Å². The SMILES string of the molecule is Cc1c(C(C)n2cc(NC(=O)c3cncc(-c4c(C(F)F)ccc(Cl)c4F)n3)cn2)cnc(N2CCCC2=O)c1F. The molecule has 14 heteroatoms. The van der Waals surface area contributed by atoms with Gasteiger partial charge in [0.2, 0.25) is 5.91 Å². The summed E-state index contributed by atoms with van der Waals surface area (Å²) in [7, 11) is 0. The monoisotopic (exact) mass is 587 g/mol. The van der Waals surface area contributed by atoms with Crippen LogP contribution in [0.15, 0.2) is 43.1 Å². The first-order valence-corrected chi connectivity index (χ1v) is 12.8. The smallest absolute Gasteiger partial charge is 0.275 e. The van der Waals surface area contributed by atoms with Crippen molar-refractivity contribution in [3.63, 3.8) is 0 Å². The van der Waals surface area contributed by atoms with Crippen molar-refractivity contribution < 1.29 is 27.2 Å². The van der Waals surface area contributed by atoms with Crippen LogP contribution in [0, 0.1) is 18.6 Å². The first-order chi connectivity index (χ1) is 19.6. The van der Waals surface area contributed by atoms with Gasteiger partial charge in [-0.05, 0) is 31.9 Å². The third-order valence-electron chi connectivity index (χ3n) is 6.81. The summed E-state index contributed by atoms with van der Waals surface area (Å²) < 4.78 is 58.4. The van der Waals surface area contributed by atoms with Crippen LogP contribution in [0.2, 0.25) is 5.02 Å². The van der Waals surface area contributed by atoms with Gasteiger partial charge in [0, 0.05) is 42.0 Å². The number of nitrogens with zero attached hydrogens (tertiary/aromatic N) is 6. The molecule has 0 radical (unpaired) electrons. The fourth-order valence-electron chi connectivity index (χ4n) is 4.62. The van der Waals surface area contributed by atoms with Crippen molar-refractivity contribution >= 4 is 34.9 Å². The van der Waals surface area contributed by atoms with Gasteiger partial charge in [0.05, 0.1) is 41.0 Å². The molecule has 1 saturated heterocycles. The van der Waals surface area contributed by atoms with Crippen LogP contribution in [0.5, 0.6) is 0 Å². The number of alkyl halides is 2. The Hall–Kier alpha value is -4.39. The number of benzene rings is 1. The Kier molecular flexibility index (Phi) is 7.72. The summed E-state index contributed by atoms with van der Waals surface area (Å²) in [6.07, 6.45) is 4.48. The van der Waals surface area contributed by atoms with Crippen LogP contribution in [0.25, 0.3) is 11.3 Å². The van der Waals surface area contributed by atoms with Gasteiger partial charge in [-0.25, -0.2) is 27.5 Å². The van der Waals surface area contributed by atoms with Gasteiger partial charge in [0.1, 0.15) is 5.69 Å². The molecule has 2 amide bonds. The maximum Gasteiger partial charge on any atom is 0.275 e. The molecule has 0 bridgehead atoms. The molecule has 1 aliphatic heterocycles. The number of nitrogens with one attached hydrogen (secondary N) is 1. The molecule has 0 aliphatic carbocycles. The molecule has 0 saturated carbocycles. The van der Waals surface area contributed by atoms with Crippen molar-refractivity contribution in [3.05, 3.63) is 82.2 Å². The standard InChI is InChI=1S/C27H22ClF4N7O2/c1-13-17(9-34-26(23(13)29)38-7-3-4-21(38)40)14(2)39-12-15(8-35-39)36-27(41)20-11-33-10-19(37-20)22-16(25(31)32)5-6-18(28)24(22)30/h5-6,8-12,14,25H,3-4,7H2,1-2H3,(H,36,41). The number of anilines is 2. The van der Waals surface area contributed by atoms with E-state index in [1.54, 1.807) is 13.8 Å². The number of carbonyl (C=O) groups is 2. The molecule has 9 nitrogen and oxygen atoms in total. The van der Waals surface area contributed by atoms with E-state index in [4.69, 9.17) is 11.6 Å². The Labute approximate surface area is 236 Å². The second-order valence-electron chi connectivity index (χ2n) is 9.38. The van der Waals surface area contributed by atoms with E-state index < -0.39 is 41.1 Å². The number of amides is 2. The number of carbonyl (C=O) groups excluding carboxylic acids is 2. The topological polar surface area (TPSA) is 106 Å². The fraction of sp³-hybridized carbons (Fsp3) is 0.259. The van der Waals surface area contributed by atoms with Gasteiger partial charge in [0.15, 0.2) is 17.5 Å². The third kappa shape index (κ3) is 5.36. The van der Waals surface area contributed by atoms with Gasteiger partial charge >= 0.3 is 0 Å². The summed E-state index contributed by atoms with van der Waals surface area (Å²) in [4.78, 5) is 38.4. The molecule has 5 rings (SSSR count). The molecular weight excluding hydrogens is 566 g/mol. The summed E-state index contributed by atoms with van der Waals surface area (Å²) in [6, 6.07) is 1.50. The third-order valence-corrected chi connectivity index (χ3v) is 7.10. The highest BCUT2D eigenvalue weighted by molar-refractivity contribution is 6.31. The average Bonchev–Trinajstić information content (AvgIpc) is 3.60. The lowest BCUT2D eigenvalue weighted by atomic mass is 10.0. The first kappa shape index (κ1) is 28.1. The van der Waals surface area contributed by atoms with Crippen LogP contribution in [-0.4, -0.2) is 43.1 Å². The first-order valence-electron chi connectivity index (χ1n) is 12.5. The second-order valence-corrected chi connectivity index (χ2v) is 9.79. The van der Waals surface area contributed by atoms with E-state index in [9.17, 15) is 22.8 Å². The maximum absolute atomic E-state index is 15.2. The molecule has 212 valence electrons. The summed E-state index contributed by atoms with van der Waals surface area (Å²) in [5.41, 5.74) is -0.662. The summed E-state index contributed by atoms with van der Waals surface area (Å²) in [5, 5.41) is 6.44. The van der Waals surface area contributed by atoms with E-state index in [-0.39, 0.29) is 33.8 Å². The van der Waals surface area contributed by atoms with Gasteiger partial charge < -0.3 is 5.32 Å². The van der Waals surface area contributed by atoms with E-state index >= 15 is 4.39 Å². The number of hydrogen-bond donors (Lipinski definition) is 1. The second kappa shape index (κ2) is 11.2. The van der Waals surface area contributed by atoms with E-state index in [1.807, 2.05) is 0 Å². The molecule has 4 aromatic rings. The number of hydrogen-bond acceptors (Lipinski definition) is 6. The lowest BCUT2D eigenvalue weighted by molar-refractivity contribution is -0.117. The Morgan fingerprint density at radius 3 is 2.59 bits per heavy atom. The molecular formula is C27H22ClF4N7O2. The minimum Gasteiger partial charge on any atom is -0.318 e. The molecule has 0 spiro atoms. The van der Waals surface area contributed by atoms with Crippen molar-refractivity contribution in [2.24, 2.45) is 0 Å². The van der Waals surface area contributed by atoms with Crippen LogP contribution in [0.3, 0.4) is 0 Å². The van der Waals surface area contributed by atoms with E-state index in [2.05, 4.69) is 25.4 Å². The minimum absolute atomic E-state index is 0.00367. The normalized spacial score (nSPS) is 14.1. The zero-order chi connectivity index (χ0) is 29.4. The number of halogens is 5. The van der Waals surface area contributed by atoms with Crippen LogP contribution < -0.4 is 10.2 Å². The van der Waals surface area contributed by atoms with Gasteiger partial charge in [-0.1, -0.05) is 17.7 Å². The van der Waals surface area contributed by atoms with Crippen molar-refractivity contribution in [2.45, 2.75) is 39.2 Å². The van der Waals surface area contributed by atoms with Crippen molar-refractivity contribution in [1.29, 1.82) is 0 Å². The molecule has 1 unspecified atom stereocenters. The van der Waals surface area contributed by atoms with Crippen LogP contribution >= 0.6 is 11.6 Å². The highest BCUT2D eigenvalue weighted by Crippen LogP contribution is 2.35. The van der Waals surface area contributed by atoms with Crippen molar-refractivity contribution in [2.75, 3.05) is 16.8 Å². The Bertz CT molecular complexity index is 1660. The van der Waals surface area contributed by atoms with Crippen LogP contribution in [0.1, 0.15) is 59.4 Å². The highest BCUT2D eigenvalue weighted by Gasteiger charge is 2.28. The van der Waals surface area contributed by atoms with Crippen molar-refractivity contribution in [1.82, 2.24) is 24.7 Å². The Balaban J connectivity index is 1.36. The predicted octanol–water partition coefficient (Wildman–Crippen LogP) is 5.90. The zero-order valence-electron chi connectivity index (χ0n) is 21.7. The Morgan fingerprint density at radius 2 is 1.88 bits per heavy atom. The zero-order valence-corrected chi connectivity index (χ0v) is 22.5. The number of rotatable bonds is 7. The van der Waals surface area contributed by atoms with Crippen LogP contribution in [0.4, 0.5) is 29.1 Å². The predicted molar refractivity (Wildman–Crippen MR) is 142 cm³/mol. The number of aromatic nitrogens is 5. The minimum atomic E-state index is -3.02. The molecule has 1 aliphatic rings. The summed E-state index contributed by atoms with van der Waals surface area (Å²) in [6.45, 7) is 3.76. The van der Waals surface area contributed by atoms with E-state index in [0.29, 0.717) is 30.5 Å². The molecule has 1 atom stereocenters. The fourth-order valence-corrected chi connectivity index (χ4v) is 4.77. The molecule has 4 heterocycles. The molecule has 1 fully saturated rings. The molecule has 41 heavy (non-hydrogen) atoms. The Morgan fingerprint density at radius 1 is 1.10 bits per heavy atom. The summed E-state index contributed by atoms with van der Waals surface area (Å²) >= 11 is 5.79. The number of pyridine rings is 1. The van der Waals surface area contributed by atoms with Crippen LogP contribution in [-0.2, 0) is 4.79 Å². The van der Waals surface area contributed by atoms with E-state index in [0.717, 1.165) is 24.5 Å². The van der Waals surface area contributed by atoms with Gasteiger partial charge in [-0.15, -0.1) is 0 Å². The molecule has 1 N–H and O–H groups in total. The molecule has 3 aromatic heterocycles. The van der Waals surface area contributed by atoms with Gasteiger partial charge in [0.25, 0.3) is 12.3 Å². The quantitative estimate of drug-likeness (QED) is 0.270. The van der Waals surface area contributed by atoms with Crippen molar-refractivity contribution in [3.8, 4) is 11.3 Å². The van der Waals surface area contributed by atoms with E-state index in [1.165, 1.54) is 28.2 Å². The summed E-state index contributed by atoms with van der Waals surface area (Å²) in [5.74, 6) is -2.62. The van der Waals surface area contributed by atoms with Gasteiger partial charge in [-0.3, -0.25) is 24.2 Å². The average molecular weight is 588 g/mol. The highest BCUT2D eigenvalue weighted by atomic mass is 35.5. The lowest BCUT2D eigenvalue weighted by Gasteiger charge is -2.20. The lowest BCUT2D eigenvalue weighted by Crippen LogP contribution is -2.26. The maximum atomic E-state index is 15.2.